The fourth-order valence-electron chi connectivity index (χ4n) is 3.32. The molecule has 0 aliphatic rings. The molecule has 7 heteroatoms. The number of aryl methyl sites for hydroxylation is 3. The highest BCUT2D eigenvalue weighted by atomic mass is 32.2. The molecular weight excluding hydrogens is 424 g/mol. The number of hydrogen-bond donors (Lipinski definition) is 1. The third-order valence-corrected chi connectivity index (χ3v) is 7.01. The summed E-state index contributed by atoms with van der Waals surface area (Å²) in [6.07, 6.45) is 0. The van der Waals surface area contributed by atoms with E-state index in [0.717, 1.165) is 26.6 Å². The number of nitrogens with zero attached hydrogens (tertiary/aromatic N) is 1. The van der Waals surface area contributed by atoms with Crippen LogP contribution in [-0.4, -0.2) is 28.0 Å². The molecule has 0 atom stereocenters. The number of amides is 1. The number of rotatable bonds is 8. The maximum Gasteiger partial charge on any atom is 0.264 e. The van der Waals surface area contributed by atoms with Crippen LogP contribution >= 0.6 is 0 Å². The summed E-state index contributed by atoms with van der Waals surface area (Å²) in [5.41, 5.74) is 4.14. The summed E-state index contributed by atoms with van der Waals surface area (Å²) < 4.78 is 33.7. The van der Waals surface area contributed by atoms with Gasteiger partial charge in [-0.3, -0.25) is 9.10 Å². The van der Waals surface area contributed by atoms with Gasteiger partial charge in [0.2, 0.25) is 5.91 Å². The molecule has 0 aliphatic carbocycles. The van der Waals surface area contributed by atoms with E-state index in [0.29, 0.717) is 18.0 Å². The Bertz CT molecular complexity index is 1200. The molecule has 3 aromatic rings. The standard InChI is InChI=1S/C25H28N2O4S/c1-18-9-12-22(13-10-18)32(29,30)27(23-15-19(2)11-14-24(23)31-4)17-25(28)26-16-21-8-6-5-7-20(21)3/h5-15H,16-17H2,1-4H3,(H,26,28). The van der Waals surface area contributed by atoms with Crippen molar-refractivity contribution in [3.63, 3.8) is 0 Å². The summed E-state index contributed by atoms with van der Waals surface area (Å²) in [7, 11) is -2.54. The van der Waals surface area contributed by atoms with Gasteiger partial charge in [0.1, 0.15) is 12.3 Å². The zero-order valence-electron chi connectivity index (χ0n) is 18.8. The first-order chi connectivity index (χ1) is 15.2. The number of anilines is 1. The van der Waals surface area contributed by atoms with E-state index < -0.39 is 15.9 Å². The maximum absolute atomic E-state index is 13.6. The average molecular weight is 453 g/mol. The van der Waals surface area contributed by atoms with Crippen LogP contribution in [0.4, 0.5) is 5.69 Å². The Hall–Kier alpha value is -3.32. The molecular formula is C25H28N2O4S. The Kier molecular flexibility index (Phi) is 7.20. The van der Waals surface area contributed by atoms with Crippen LogP contribution < -0.4 is 14.4 Å². The Balaban J connectivity index is 1.95. The molecule has 32 heavy (non-hydrogen) atoms. The topological polar surface area (TPSA) is 75.7 Å². The van der Waals surface area contributed by atoms with Crippen molar-refractivity contribution in [2.24, 2.45) is 0 Å². The highest BCUT2D eigenvalue weighted by Crippen LogP contribution is 2.33. The molecule has 0 radical (unpaired) electrons. The lowest BCUT2D eigenvalue weighted by molar-refractivity contribution is -0.119. The fourth-order valence-corrected chi connectivity index (χ4v) is 4.74. The molecule has 1 N–H and O–H groups in total. The third-order valence-electron chi connectivity index (χ3n) is 5.24. The minimum atomic E-state index is -4.01. The van der Waals surface area contributed by atoms with Crippen LogP contribution in [0, 0.1) is 20.8 Å². The number of benzene rings is 3. The van der Waals surface area contributed by atoms with Crippen LogP contribution in [0.15, 0.2) is 71.6 Å². The molecule has 0 spiro atoms. The molecule has 0 aromatic heterocycles. The molecule has 0 bridgehead atoms. The highest BCUT2D eigenvalue weighted by molar-refractivity contribution is 7.92. The second-order valence-corrected chi connectivity index (χ2v) is 9.57. The Labute approximate surface area is 189 Å². The van der Waals surface area contributed by atoms with Crippen LogP contribution in [0.1, 0.15) is 22.3 Å². The summed E-state index contributed by atoms with van der Waals surface area (Å²) in [6, 6.07) is 19.5. The monoisotopic (exact) mass is 452 g/mol. The smallest absolute Gasteiger partial charge is 0.264 e. The molecule has 0 saturated carbocycles. The summed E-state index contributed by atoms with van der Waals surface area (Å²) >= 11 is 0. The van der Waals surface area contributed by atoms with Crippen LogP contribution in [-0.2, 0) is 21.4 Å². The molecule has 1 amide bonds. The van der Waals surface area contributed by atoms with E-state index in [9.17, 15) is 13.2 Å². The Morgan fingerprint density at radius 1 is 0.938 bits per heavy atom. The van der Waals surface area contributed by atoms with Crippen molar-refractivity contribution in [3.05, 3.63) is 89.0 Å². The third kappa shape index (κ3) is 5.29. The average Bonchev–Trinajstić information content (AvgIpc) is 2.77. The van der Waals surface area contributed by atoms with Crippen LogP contribution in [0.5, 0.6) is 5.75 Å². The van der Waals surface area contributed by atoms with Gasteiger partial charge in [-0.05, 0) is 61.7 Å². The van der Waals surface area contributed by atoms with Crippen molar-refractivity contribution in [1.29, 1.82) is 0 Å². The molecule has 0 heterocycles. The highest BCUT2D eigenvalue weighted by Gasteiger charge is 2.29. The summed E-state index contributed by atoms with van der Waals surface area (Å²) in [5.74, 6) is -0.0366. The van der Waals surface area contributed by atoms with Gasteiger partial charge in [0.05, 0.1) is 17.7 Å². The van der Waals surface area contributed by atoms with Gasteiger partial charge in [-0.1, -0.05) is 48.0 Å². The fraction of sp³-hybridized carbons (Fsp3) is 0.240. The first kappa shape index (κ1) is 23.3. The van der Waals surface area contributed by atoms with Crippen molar-refractivity contribution in [3.8, 4) is 5.75 Å². The normalized spacial score (nSPS) is 11.1. The molecule has 3 rings (SSSR count). The lowest BCUT2D eigenvalue weighted by Gasteiger charge is -2.26. The van der Waals surface area contributed by atoms with E-state index >= 15 is 0 Å². The second-order valence-electron chi connectivity index (χ2n) is 7.70. The van der Waals surface area contributed by atoms with E-state index in [2.05, 4.69) is 5.32 Å². The number of nitrogens with one attached hydrogen (secondary N) is 1. The van der Waals surface area contributed by atoms with Crippen molar-refractivity contribution >= 4 is 21.6 Å². The molecule has 168 valence electrons. The maximum atomic E-state index is 13.6. The summed E-state index contributed by atoms with van der Waals surface area (Å²) in [4.78, 5) is 13.0. The predicted octanol–water partition coefficient (Wildman–Crippen LogP) is 4.13. The van der Waals surface area contributed by atoms with E-state index in [1.807, 2.05) is 51.1 Å². The lowest BCUT2D eigenvalue weighted by Crippen LogP contribution is -2.41. The summed E-state index contributed by atoms with van der Waals surface area (Å²) in [5, 5.41) is 2.84. The molecule has 0 aliphatic heterocycles. The lowest BCUT2D eigenvalue weighted by atomic mass is 10.1. The predicted molar refractivity (Wildman–Crippen MR) is 126 cm³/mol. The van der Waals surface area contributed by atoms with Gasteiger partial charge in [-0.25, -0.2) is 8.42 Å². The van der Waals surface area contributed by atoms with Gasteiger partial charge < -0.3 is 10.1 Å². The van der Waals surface area contributed by atoms with Gasteiger partial charge in [-0.15, -0.1) is 0 Å². The van der Waals surface area contributed by atoms with E-state index in [1.165, 1.54) is 7.11 Å². The van der Waals surface area contributed by atoms with E-state index in [1.54, 1.807) is 36.4 Å². The number of carbonyl (C=O) groups is 1. The van der Waals surface area contributed by atoms with Gasteiger partial charge in [0, 0.05) is 6.54 Å². The minimum Gasteiger partial charge on any atom is -0.495 e. The molecule has 3 aromatic carbocycles. The zero-order chi connectivity index (χ0) is 23.3. The van der Waals surface area contributed by atoms with Crippen LogP contribution in [0.2, 0.25) is 0 Å². The quantitative estimate of drug-likeness (QED) is 0.558. The van der Waals surface area contributed by atoms with Crippen molar-refractivity contribution in [2.75, 3.05) is 18.0 Å². The first-order valence-corrected chi connectivity index (χ1v) is 11.7. The van der Waals surface area contributed by atoms with Gasteiger partial charge in [0.25, 0.3) is 10.0 Å². The van der Waals surface area contributed by atoms with Crippen molar-refractivity contribution in [1.82, 2.24) is 5.32 Å². The Morgan fingerprint density at radius 3 is 2.25 bits per heavy atom. The minimum absolute atomic E-state index is 0.110. The van der Waals surface area contributed by atoms with Crippen LogP contribution in [0.25, 0.3) is 0 Å². The van der Waals surface area contributed by atoms with E-state index in [4.69, 9.17) is 4.74 Å². The molecule has 6 nitrogen and oxygen atoms in total. The number of methoxy groups -OCH3 is 1. The van der Waals surface area contributed by atoms with Gasteiger partial charge in [0.15, 0.2) is 0 Å². The first-order valence-electron chi connectivity index (χ1n) is 10.3. The largest absolute Gasteiger partial charge is 0.495 e. The number of hydrogen-bond acceptors (Lipinski definition) is 4. The second kappa shape index (κ2) is 9.87. The number of ether oxygens (including phenoxy) is 1. The van der Waals surface area contributed by atoms with E-state index in [-0.39, 0.29) is 11.4 Å². The Morgan fingerprint density at radius 2 is 1.59 bits per heavy atom. The van der Waals surface area contributed by atoms with Crippen molar-refractivity contribution in [2.45, 2.75) is 32.2 Å². The number of carbonyl (C=O) groups excluding carboxylic acids is 1. The van der Waals surface area contributed by atoms with Crippen molar-refractivity contribution < 1.29 is 17.9 Å². The number of sulfonamides is 1. The van der Waals surface area contributed by atoms with Gasteiger partial charge >= 0.3 is 0 Å². The molecule has 0 saturated heterocycles. The SMILES string of the molecule is COc1ccc(C)cc1N(CC(=O)NCc1ccccc1C)S(=O)(=O)c1ccc(C)cc1. The zero-order valence-corrected chi connectivity index (χ0v) is 19.6. The van der Waals surface area contributed by atoms with Gasteiger partial charge in [-0.2, -0.15) is 0 Å². The molecule has 0 fully saturated rings. The van der Waals surface area contributed by atoms with Crippen LogP contribution in [0.3, 0.4) is 0 Å². The molecule has 0 unspecified atom stereocenters. The summed E-state index contributed by atoms with van der Waals surface area (Å²) in [6.45, 7) is 5.65.